The van der Waals surface area contributed by atoms with Crippen LogP contribution in [0.5, 0.6) is 0 Å². The molecule has 0 saturated heterocycles. The van der Waals surface area contributed by atoms with Crippen LogP contribution in [-0.4, -0.2) is 47.0 Å². The van der Waals surface area contributed by atoms with Crippen LogP contribution in [0.3, 0.4) is 0 Å². The molecule has 186 valence electrons. The summed E-state index contributed by atoms with van der Waals surface area (Å²) in [6, 6.07) is 7.59. The van der Waals surface area contributed by atoms with Crippen molar-refractivity contribution < 1.29 is 19.1 Å². The Hall–Kier alpha value is -3.08. The second-order valence-electron chi connectivity index (χ2n) is 9.83. The summed E-state index contributed by atoms with van der Waals surface area (Å²) in [6.45, 7) is 8.45. The summed E-state index contributed by atoms with van der Waals surface area (Å²) >= 11 is 0. The summed E-state index contributed by atoms with van der Waals surface area (Å²) in [7, 11) is 0. The highest BCUT2D eigenvalue weighted by molar-refractivity contribution is 5.92. The number of alkyl carbamates (subject to hydrolysis) is 1. The van der Waals surface area contributed by atoms with Crippen LogP contribution in [0.4, 0.5) is 4.79 Å². The molecule has 3 amide bonds. The molecule has 1 aliphatic carbocycles. The third-order valence-electron chi connectivity index (χ3n) is 5.84. The van der Waals surface area contributed by atoms with Crippen LogP contribution < -0.4 is 10.6 Å². The zero-order valence-electron chi connectivity index (χ0n) is 21.0. The zero-order chi connectivity index (χ0) is 25.3. The summed E-state index contributed by atoms with van der Waals surface area (Å²) in [6.07, 6.45) is 5.17. The molecule has 1 aliphatic rings. The Morgan fingerprint density at radius 3 is 2.29 bits per heavy atom. The maximum atomic E-state index is 13.5. The number of benzene rings is 1. The number of carbonyl (C=O) groups is 3. The van der Waals surface area contributed by atoms with Gasteiger partial charge < -0.3 is 20.3 Å². The van der Waals surface area contributed by atoms with Crippen molar-refractivity contribution in [2.75, 3.05) is 6.54 Å². The lowest BCUT2D eigenvalue weighted by Gasteiger charge is -2.33. The third kappa shape index (κ3) is 8.05. The number of nitriles is 1. The molecule has 34 heavy (non-hydrogen) atoms. The van der Waals surface area contributed by atoms with Gasteiger partial charge in [-0.15, -0.1) is 0 Å². The van der Waals surface area contributed by atoms with Gasteiger partial charge in [0.2, 0.25) is 11.8 Å². The molecule has 0 aromatic heterocycles. The predicted octanol–water partition coefficient (Wildman–Crippen LogP) is 4.00. The van der Waals surface area contributed by atoms with E-state index in [2.05, 4.69) is 10.6 Å². The first-order chi connectivity index (χ1) is 16.1. The highest BCUT2D eigenvalue weighted by Crippen LogP contribution is 2.25. The van der Waals surface area contributed by atoms with Gasteiger partial charge >= 0.3 is 6.09 Å². The van der Waals surface area contributed by atoms with E-state index in [4.69, 9.17) is 4.74 Å². The van der Waals surface area contributed by atoms with E-state index in [9.17, 15) is 19.6 Å². The summed E-state index contributed by atoms with van der Waals surface area (Å²) < 4.78 is 5.25. The fraction of sp³-hybridized carbons (Fsp3) is 0.615. The number of nitrogens with zero attached hydrogens (tertiary/aromatic N) is 2. The molecule has 2 atom stereocenters. The molecule has 0 aliphatic heterocycles. The smallest absolute Gasteiger partial charge is 0.408 e. The van der Waals surface area contributed by atoms with Gasteiger partial charge in [0.15, 0.2) is 0 Å². The lowest BCUT2D eigenvalue weighted by atomic mass is 9.94. The van der Waals surface area contributed by atoms with E-state index < -0.39 is 29.7 Å². The van der Waals surface area contributed by atoms with Crippen LogP contribution in [0, 0.1) is 11.3 Å². The fourth-order valence-corrected chi connectivity index (χ4v) is 4.10. The van der Waals surface area contributed by atoms with Crippen LogP contribution >= 0.6 is 0 Å². The second kappa shape index (κ2) is 12.4. The Bertz CT molecular complexity index is 880. The fourth-order valence-electron chi connectivity index (χ4n) is 4.10. The first-order valence-corrected chi connectivity index (χ1v) is 12.1. The Morgan fingerprint density at radius 1 is 1.15 bits per heavy atom. The van der Waals surface area contributed by atoms with Gasteiger partial charge in [0.1, 0.15) is 24.2 Å². The molecule has 1 saturated carbocycles. The Labute approximate surface area is 203 Å². The molecule has 1 aromatic rings. The number of ether oxygens (including phenoxy) is 1. The van der Waals surface area contributed by atoms with Crippen LogP contribution in [0.1, 0.15) is 83.9 Å². The maximum Gasteiger partial charge on any atom is 0.408 e. The van der Waals surface area contributed by atoms with E-state index >= 15 is 0 Å². The van der Waals surface area contributed by atoms with Gasteiger partial charge in [-0.05, 0) is 58.1 Å². The molecule has 8 heteroatoms. The lowest BCUT2D eigenvalue weighted by molar-refractivity contribution is -0.141. The zero-order valence-corrected chi connectivity index (χ0v) is 21.0. The summed E-state index contributed by atoms with van der Waals surface area (Å²) in [5.41, 5.74) is 1.01. The van der Waals surface area contributed by atoms with Crippen molar-refractivity contribution in [1.82, 2.24) is 15.5 Å². The van der Waals surface area contributed by atoms with Gasteiger partial charge in [-0.1, -0.05) is 50.5 Å². The number of amides is 3. The SMILES string of the molecule is CCc1ccc(C(C(=O)NC2CCCCC2)N(CC#N)C(=O)C(C)NC(=O)OC(C)(C)C)cc1. The number of nitrogens with one attached hydrogen (secondary N) is 2. The minimum atomic E-state index is -0.983. The number of rotatable bonds is 8. The van der Waals surface area contributed by atoms with Crippen molar-refractivity contribution >= 4 is 17.9 Å². The van der Waals surface area contributed by atoms with E-state index in [1.54, 1.807) is 20.8 Å². The van der Waals surface area contributed by atoms with Crippen LogP contribution in [0.15, 0.2) is 24.3 Å². The summed E-state index contributed by atoms with van der Waals surface area (Å²) in [5.74, 6) is -0.847. The Kier molecular flexibility index (Phi) is 9.91. The molecule has 0 spiro atoms. The second-order valence-corrected chi connectivity index (χ2v) is 9.83. The highest BCUT2D eigenvalue weighted by Gasteiger charge is 2.35. The predicted molar refractivity (Wildman–Crippen MR) is 130 cm³/mol. The number of aryl methyl sites for hydroxylation is 1. The van der Waals surface area contributed by atoms with E-state index in [1.807, 2.05) is 37.3 Å². The molecule has 2 rings (SSSR count). The van der Waals surface area contributed by atoms with E-state index in [1.165, 1.54) is 11.8 Å². The van der Waals surface area contributed by atoms with Crippen molar-refractivity contribution in [2.24, 2.45) is 0 Å². The van der Waals surface area contributed by atoms with Crippen LogP contribution in [0.2, 0.25) is 0 Å². The average molecular weight is 471 g/mol. The van der Waals surface area contributed by atoms with Gasteiger partial charge in [-0.25, -0.2) is 4.79 Å². The van der Waals surface area contributed by atoms with Crippen molar-refractivity contribution in [3.8, 4) is 6.07 Å². The summed E-state index contributed by atoms with van der Waals surface area (Å²) in [5, 5.41) is 15.1. The van der Waals surface area contributed by atoms with E-state index in [0.717, 1.165) is 44.1 Å². The normalized spacial score (nSPS) is 16.0. The standard InChI is InChI=1S/C26H38N4O4/c1-6-19-12-14-20(15-13-19)22(23(31)29-21-10-8-7-9-11-21)30(17-16-27)24(32)18(2)28-25(33)34-26(3,4)5/h12-15,18,21-22H,6-11,17H2,1-5H3,(H,28,33)(H,29,31). The minimum absolute atomic E-state index is 0.0509. The molecule has 1 fully saturated rings. The Morgan fingerprint density at radius 2 is 1.76 bits per heavy atom. The van der Waals surface area contributed by atoms with Crippen LogP contribution in [0.25, 0.3) is 0 Å². The minimum Gasteiger partial charge on any atom is -0.444 e. The highest BCUT2D eigenvalue weighted by atomic mass is 16.6. The van der Waals surface area contributed by atoms with Crippen LogP contribution in [-0.2, 0) is 20.7 Å². The van der Waals surface area contributed by atoms with Crippen molar-refractivity contribution in [1.29, 1.82) is 5.26 Å². The van der Waals surface area contributed by atoms with Gasteiger partial charge in [-0.3, -0.25) is 9.59 Å². The first-order valence-electron chi connectivity index (χ1n) is 12.1. The molecule has 0 heterocycles. The first kappa shape index (κ1) is 27.2. The van der Waals surface area contributed by atoms with Crippen molar-refractivity contribution in [3.63, 3.8) is 0 Å². The third-order valence-corrected chi connectivity index (χ3v) is 5.84. The molecule has 8 nitrogen and oxygen atoms in total. The summed E-state index contributed by atoms with van der Waals surface area (Å²) in [4.78, 5) is 40.3. The number of hydrogen-bond donors (Lipinski definition) is 2. The topological polar surface area (TPSA) is 112 Å². The van der Waals surface area contributed by atoms with E-state index in [-0.39, 0.29) is 18.5 Å². The molecular formula is C26H38N4O4. The molecular weight excluding hydrogens is 432 g/mol. The monoisotopic (exact) mass is 470 g/mol. The quantitative estimate of drug-likeness (QED) is 0.558. The van der Waals surface area contributed by atoms with Gasteiger partial charge in [0.05, 0.1) is 6.07 Å². The lowest BCUT2D eigenvalue weighted by Crippen LogP contribution is -2.53. The average Bonchev–Trinajstić information content (AvgIpc) is 2.78. The van der Waals surface area contributed by atoms with Crippen molar-refractivity contribution in [2.45, 2.75) is 96.9 Å². The molecule has 1 aromatic carbocycles. The molecule has 0 bridgehead atoms. The van der Waals surface area contributed by atoms with E-state index in [0.29, 0.717) is 5.56 Å². The van der Waals surface area contributed by atoms with Gasteiger partial charge in [0.25, 0.3) is 0 Å². The van der Waals surface area contributed by atoms with Gasteiger partial charge in [-0.2, -0.15) is 5.26 Å². The molecule has 0 radical (unpaired) electrons. The largest absolute Gasteiger partial charge is 0.444 e. The van der Waals surface area contributed by atoms with Gasteiger partial charge in [0, 0.05) is 6.04 Å². The maximum absolute atomic E-state index is 13.5. The number of hydrogen-bond acceptors (Lipinski definition) is 5. The number of carbonyl (C=O) groups excluding carboxylic acids is 3. The molecule has 2 N–H and O–H groups in total. The molecule has 2 unspecified atom stereocenters. The van der Waals surface area contributed by atoms with Crippen molar-refractivity contribution in [3.05, 3.63) is 35.4 Å². The Balaban J connectivity index is 2.32.